The molecule has 3 aromatic rings. The molecule has 0 fully saturated rings. The topological polar surface area (TPSA) is 76.2 Å². The van der Waals surface area contributed by atoms with Crippen LogP contribution in [-0.4, -0.2) is 4.92 Å². The first-order valence-corrected chi connectivity index (χ1v) is 9.67. The summed E-state index contributed by atoms with van der Waals surface area (Å²) in [6.07, 6.45) is 1.61. The van der Waals surface area contributed by atoms with Crippen LogP contribution in [0.15, 0.2) is 60.7 Å². The van der Waals surface area contributed by atoms with E-state index in [1.807, 2.05) is 31.2 Å². The molecular formula is C23H16Cl2N2O3. The largest absolute Gasteiger partial charge is 0.486 e. The van der Waals surface area contributed by atoms with Gasteiger partial charge in [-0.3, -0.25) is 10.1 Å². The van der Waals surface area contributed by atoms with Crippen molar-refractivity contribution in [2.75, 3.05) is 0 Å². The van der Waals surface area contributed by atoms with Gasteiger partial charge in [0.25, 0.3) is 5.69 Å². The molecule has 0 aliphatic rings. The minimum Gasteiger partial charge on any atom is -0.486 e. The maximum atomic E-state index is 10.8. The fourth-order valence-corrected chi connectivity index (χ4v) is 3.48. The molecule has 30 heavy (non-hydrogen) atoms. The smallest absolute Gasteiger partial charge is 0.269 e. The molecule has 0 aliphatic carbocycles. The predicted octanol–water partition coefficient (Wildman–Crippen LogP) is 6.85. The Labute approximate surface area is 183 Å². The number of non-ortho nitro benzene ring substituents is 1. The van der Waals surface area contributed by atoms with Gasteiger partial charge in [0.1, 0.15) is 6.61 Å². The molecule has 0 saturated heterocycles. The maximum Gasteiger partial charge on any atom is 0.269 e. The maximum absolute atomic E-state index is 10.8. The number of nitro benzene ring substituents is 1. The summed E-state index contributed by atoms with van der Waals surface area (Å²) in [6, 6.07) is 19.1. The van der Waals surface area contributed by atoms with Gasteiger partial charge in [0, 0.05) is 12.1 Å². The molecule has 0 heterocycles. The second kappa shape index (κ2) is 9.45. The lowest BCUT2D eigenvalue weighted by Crippen LogP contribution is -1.97. The number of aryl methyl sites for hydroxylation is 1. The molecule has 0 atom stereocenters. The van der Waals surface area contributed by atoms with Crippen LogP contribution in [0.25, 0.3) is 11.6 Å². The molecule has 0 aliphatic heterocycles. The van der Waals surface area contributed by atoms with Crippen molar-refractivity contribution < 1.29 is 9.66 Å². The standard InChI is InChI=1S/C23H16Cl2N2O3/c1-15-3-2-4-16(9-15)14-30-23-21(24)11-17(12-22(23)25)10-19(13-26)18-5-7-20(8-6-18)27(28)29/h2-12H,14H2,1H3/b19-10-. The SMILES string of the molecule is Cc1cccc(COc2c(Cl)cc(/C=C(/C#N)c3ccc([N+](=O)[O-])cc3)cc2Cl)c1. The van der Waals surface area contributed by atoms with E-state index in [0.717, 1.165) is 11.1 Å². The summed E-state index contributed by atoms with van der Waals surface area (Å²) >= 11 is 12.7. The zero-order valence-corrected chi connectivity index (χ0v) is 17.4. The Kier molecular flexibility index (Phi) is 6.73. The van der Waals surface area contributed by atoms with Crippen molar-refractivity contribution >= 4 is 40.5 Å². The highest BCUT2D eigenvalue weighted by molar-refractivity contribution is 6.37. The number of hydrogen-bond donors (Lipinski definition) is 0. The highest BCUT2D eigenvalue weighted by Crippen LogP contribution is 2.36. The molecular weight excluding hydrogens is 423 g/mol. The zero-order chi connectivity index (χ0) is 21.7. The number of nitro groups is 1. The number of nitriles is 1. The minimum atomic E-state index is -0.491. The van der Waals surface area contributed by atoms with Gasteiger partial charge in [0.05, 0.1) is 26.6 Å². The Balaban J connectivity index is 1.84. The van der Waals surface area contributed by atoms with Gasteiger partial charge in [0.2, 0.25) is 0 Å². The molecule has 0 N–H and O–H groups in total. The van der Waals surface area contributed by atoms with E-state index in [1.54, 1.807) is 18.2 Å². The van der Waals surface area contributed by atoms with Crippen molar-refractivity contribution in [3.05, 3.63) is 103 Å². The van der Waals surface area contributed by atoms with Crippen LogP contribution in [0.3, 0.4) is 0 Å². The van der Waals surface area contributed by atoms with Gasteiger partial charge >= 0.3 is 0 Å². The van der Waals surface area contributed by atoms with Crippen LogP contribution in [0.5, 0.6) is 5.75 Å². The Bertz CT molecular complexity index is 1140. The third-order valence-corrected chi connectivity index (χ3v) is 4.87. The first-order chi connectivity index (χ1) is 14.4. The molecule has 0 aromatic heterocycles. The quantitative estimate of drug-likeness (QED) is 0.182. The summed E-state index contributed by atoms with van der Waals surface area (Å²) in [5.41, 5.74) is 3.57. The molecule has 0 spiro atoms. The average molecular weight is 439 g/mol. The predicted molar refractivity (Wildman–Crippen MR) is 119 cm³/mol. The van der Waals surface area contributed by atoms with Crippen LogP contribution in [-0.2, 0) is 6.61 Å². The van der Waals surface area contributed by atoms with Crippen molar-refractivity contribution in [2.45, 2.75) is 13.5 Å². The first kappa shape index (κ1) is 21.4. The Morgan fingerprint density at radius 1 is 1.13 bits per heavy atom. The van der Waals surface area contributed by atoms with E-state index in [-0.39, 0.29) is 5.69 Å². The van der Waals surface area contributed by atoms with Crippen molar-refractivity contribution in [2.24, 2.45) is 0 Å². The number of halogens is 2. The van der Waals surface area contributed by atoms with Crippen molar-refractivity contribution in [1.29, 1.82) is 5.26 Å². The van der Waals surface area contributed by atoms with Crippen LogP contribution in [0.1, 0.15) is 22.3 Å². The Hall–Kier alpha value is -3.33. The monoisotopic (exact) mass is 438 g/mol. The molecule has 7 heteroatoms. The Morgan fingerprint density at radius 3 is 2.37 bits per heavy atom. The summed E-state index contributed by atoms with van der Waals surface area (Å²) < 4.78 is 5.80. The van der Waals surface area contributed by atoms with Gasteiger partial charge in [-0.25, -0.2) is 0 Å². The number of nitrogens with zero attached hydrogens (tertiary/aromatic N) is 2. The van der Waals surface area contributed by atoms with Crippen molar-refractivity contribution in [3.63, 3.8) is 0 Å². The molecule has 0 amide bonds. The fraction of sp³-hybridized carbons (Fsp3) is 0.0870. The lowest BCUT2D eigenvalue weighted by atomic mass is 10.0. The van der Waals surface area contributed by atoms with Crippen molar-refractivity contribution in [1.82, 2.24) is 0 Å². The lowest BCUT2D eigenvalue weighted by Gasteiger charge is -2.11. The van der Waals surface area contributed by atoms with E-state index in [4.69, 9.17) is 27.9 Å². The number of ether oxygens (including phenoxy) is 1. The van der Waals surface area contributed by atoms with Gasteiger partial charge in [-0.1, -0.05) is 53.0 Å². The van der Waals surface area contributed by atoms with Gasteiger partial charge in [-0.15, -0.1) is 0 Å². The van der Waals surface area contributed by atoms with E-state index in [1.165, 1.54) is 24.3 Å². The Morgan fingerprint density at radius 2 is 1.80 bits per heavy atom. The summed E-state index contributed by atoms with van der Waals surface area (Å²) in [4.78, 5) is 10.3. The second-order valence-corrected chi connectivity index (χ2v) is 7.38. The highest BCUT2D eigenvalue weighted by Gasteiger charge is 2.12. The summed E-state index contributed by atoms with van der Waals surface area (Å²) in [5, 5.41) is 20.9. The molecule has 5 nitrogen and oxygen atoms in total. The summed E-state index contributed by atoms with van der Waals surface area (Å²) in [7, 11) is 0. The molecule has 3 rings (SSSR count). The minimum absolute atomic E-state index is 0.0442. The van der Waals surface area contributed by atoms with E-state index >= 15 is 0 Å². The number of rotatable bonds is 6. The van der Waals surface area contributed by atoms with Gasteiger partial charge in [-0.05, 0) is 54.0 Å². The molecule has 0 radical (unpaired) electrons. The third-order valence-electron chi connectivity index (χ3n) is 4.31. The normalized spacial score (nSPS) is 11.1. The van der Waals surface area contributed by atoms with Crippen LogP contribution in [0.4, 0.5) is 5.69 Å². The van der Waals surface area contributed by atoms with Crippen LogP contribution >= 0.6 is 23.2 Å². The van der Waals surface area contributed by atoms with E-state index < -0.39 is 4.92 Å². The fourth-order valence-electron chi connectivity index (χ4n) is 2.87. The number of benzene rings is 3. The zero-order valence-electron chi connectivity index (χ0n) is 15.9. The van der Waals surface area contributed by atoms with Gasteiger partial charge < -0.3 is 4.74 Å². The number of hydrogen-bond acceptors (Lipinski definition) is 4. The van der Waals surface area contributed by atoms with Crippen LogP contribution in [0.2, 0.25) is 10.0 Å². The average Bonchev–Trinajstić information content (AvgIpc) is 2.71. The second-order valence-electron chi connectivity index (χ2n) is 6.57. The van der Waals surface area contributed by atoms with E-state index in [0.29, 0.717) is 39.1 Å². The molecule has 0 saturated carbocycles. The summed E-state index contributed by atoms with van der Waals surface area (Å²) in [5.74, 6) is 0.367. The summed E-state index contributed by atoms with van der Waals surface area (Å²) in [6.45, 7) is 2.32. The number of allylic oxidation sites excluding steroid dienone is 1. The van der Waals surface area contributed by atoms with Gasteiger partial charge in [-0.2, -0.15) is 5.26 Å². The first-order valence-electron chi connectivity index (χ1n) is 8.91. The van der Waals surface area contributed by atoms with Crippen LogP contribution in [0, 0.1) is 28.4 Å². The van der Waals surface area contributed by atoms with Crippen molar-refractivity contribution in [3.8, 4) is 11.8 Å². The van der Waals surface area contributed by atoms with Gasteiger partial charge in [0.15, 0.2) is 5.75 Å². The van der Waals surface area contributed by atoms with E-state index in [2.05, 4.69) is 6.07 Å². The molecule has 0 bridgehead atoms. The molecule has 0 unspecified atom stereocenters. The third kappa shape index (κ3) is 5.18. The van der Waals surface area contributed by atoms with Crippen LogP contribution < -0.4 is 4.74 Å². The molecule has 150 valence electrons. The highest BCUT2D eigenvalue weighted by atomic mass is 35.5. The van der Waals surface area contributed by atoms with E-state index in [9.17, 15) is 15.4 Å². The lowest BCUT2D eigenvalue weighted by molar-refractivity contribution is -0.384. The molecule has 3 aromatic carbocycles.